The van der Waals surface area contributed by atoms with Gasteiger partial charge in [-0.3, -0.25) is 0 Å². The van der Waals surface area contributed by atoms with E-state index in [-0.39, 0.29) is 5.41 Å². The Hall–Kier alpha value is -7.16. The highest BCUT2D eigenvalue weighted by Gasteiger charge is 2.37. The van der Waals surface area contributed by atoms with E-state index in [1.54, 1.807) is 0 Å². The van der Waals surface area contributed by atoms with E-state index in [1.807, 2.05) is 0 Å². The van der Waals surface area contributed by atoms with E-state index < -0.39 is 0 Å². The third-order valence-electron chi connectivity index (χ3n) is 15.4. The van der Waals surface area contributed by atoms with Crippen LogP contribution in [0.1, 0.15) is 90.8 Å². The first-order valence-corrected chi connectivity index (χ1v) is 24.8. The van der Waals surface area contributed by atoms with Crippen LogP contribution < -0.4 is 9.80 Å². The average molecular weight is 867 g/mol. The van der Waals surface area contributed by atoms with E-state index in [1.165, 1.54) is 138 Å². The van der Waals surface area contributed by atoms with Gasteiger partial charge < -0.3 is 9.80 Å². The number of nitrogens with zero attached hydrogens (tertiary/aromatic N) is 2. The highest BCUT2D eigenvalue weighted by atomic mass is 15.2. The summed E-state index contributed by atoms with van der Waals surface area (Å²) >= 11 is 0. The van der Waals surface area contributed by atoms with E-state index in [9.17, 15) is 0 Å². The van der Waals surface area contributed by atoms with Gasteiger partial charge in [0.25, 0.3) is 0 Å². The van der Waals surface area contributed by atoms with Crippen LogP contribution >= 0.6 is 0 Å². The van der Waals surface area contributed by atoms with Gasteiger partial charge in [-0.25, -0.2) is 0 Å². The Bertz CT molecular complexity index is 3250. The van der Waals surface area contributed by atoms with Gasteiger partial charge in [-0.05, 0) is 172 Å². The van der Waals surface area contributed by atoms with Crippen LogP contribution in [-0.4, -0.2) is 0 Å². The molecule has 0 N–H and O–H groups in total. The number of benzene rings is 9. The van der Waals surface area contributed by atoms with Crippen molar-refractivity contribution in [1.82, 2.24) is 0 Å². The number of aryl methyl sites for hydroxylation is 4. The first kappa shape index (κ1) is 41.3. The van der Waals surface area contributed by atoms with Crippen molar-refractivity contribution in [1.29, 1.82) is 0 Å². The molecule has 0 radical (unpaired) electrons. The lowest BCUT2D eigenvalue weighted by Crippen LogP contribution is -2.18. The molecule has 2 heteroatoms. The second-order valence-corrected chi connectivity index (χ2v) is 19.8. The minimum Gasteiger partial charge on any atom is -0.310 e. The number of rotatable bonds is 8. The normalized spacial score (nSPS) is 15.1. The minimum absolute atomic E-state index is 0.152. The predicted octanol–water partition coefficient (Wildman–Crippen LogP) is 17.7. The van der Waals surface area contributed by atoms with Crippen molar-refractivity contribution in [2.24, 2.45) is 0 Å². The van der Waals surface area contributed by atoms with Crippen LogP contribution in [-0.2, 0) is 31.1 Å². The van der Waals surface area contributed by atoms with Gasteiger partial charge in [-0.1, -0.05) is 173 Å². The summed E-state index contributed by atoms with van der Waals surface area (Å²) in [7, 11) is 0. The number of anilines is 6. The molecule has 0 amide bonds. The number of para-hydroxylation sites is 1. The summed E-state index contributed by atoms with van der Waals surface area (Å²) in [4.78, 5) is 5.13. The maximum Gasteiger partial charge on any atom is 0.0543 e. The zero-order chi connectivity index (χ0) is 44.9. The summed E-state index contributed by atoms with van der Waals surface area (Å²) in [6, 6.07) is 76.2. The van der Waals surface area contributed by atoms with E-state index >= 15 is 0 Å². The fraction of sp³-hybridized carbons (Fsp3) is 0.200. The van der Waals surface area contributed by atoms with Crippen LogP contribution in [0.25, 0.3) is 33.0 Å². The standard InChI is InChI=1S/C65H58N2/c1-65(2)60-25-15-14-24-57(60)59-43-58(50-19-8-4-9-20-50)64(44-61(59)65)67(56-39-36-48-18-12-13-21-53(48)42-56)63-41-46-27-31-51-30-26-45(28-32-52(63)33-29-46)40-62(51)66(54-22-10-5-11-23-54)55-37-34-49(35-38-55)47-16-6-3-7-17-47/h4-5,8-15,18-26,29-30,33-44,47H,3,6-7,16-17,27-28,31-32H2,1-2H3. The molecular formula is C65H58N2. The summed E-state index contributed by atoms with van der Waals surface area (Å²) in [5.74, 6) is 0.683. The van der Waals surface area contributed by atoms with E-state index in [2.05, 4.69) is 224 Å². The van der Waals surface area contributed by atoms with Gasteiger partial charge in [0.1, 0.15) is 0 Å². The largest absolute Gasteiger partial charge is 0.310 e. The van der Waals surface area contributed by atoms with E-state index in [0.717, 1.165) is 25.7 Å². The Morgan fingerprint density at radius 2 is 0.985 bits per heavy atom. The van der Waals surface area contributed by atoms with Crippen LogP contribution in [0.5, 0.6) is 0 Å². The maximum absolute atomic E-state index is 2.61. The molecule has 9 aromatic rings. The summed E-state index contributed by atoms with van der Waals surface area (Å²) < 4.78 is 0. The van der Waals surface area contributed by atoms with Crippen molar-refractivity contribution >= 4 is 44.9 Å². The van der Waals surface area contributed by atoms with Crippen LogP contribution in [0.4, 0.5) is 34.1 Å². The Kier molecular flexibility index (Phi) is 10.6. The van der Waals surface area contributed by atoms with Crippen molar-refractivity contribution in [2.75, 3.05) is 9.80 Å². The monoisotopic (exact) mass is 866 g/mol. The average Bonchev–Trinajstić information content (AvgIpc) is 3.60. The van der Waals surface area contributed by atoms with E-state index in [4.69, 9.17) is 0 Å². The summed E-state index contributed by atoms with van der Waals surface area (Å²) in [5.41, 5.74) is 22.0. The predicted molar refractivity (Wildman–Crippen MR) is 283 cm³/mol. The Morgan fingerprint density at radius 1 is 0.388 bits per heavy atom. The maximum atomic E-state index is 2.61. The zero-order valence-corrected chi connectivity index (χ0v) is 38.9. The molecule has 0 unspecified atom stereocenters. The van der Waals surface area contributed by atoms with Gasteiger partial charge in [-0.2, -0.15) is 0 Å². The van der Waals surface area contributed by atoms with E-state index in [0.29, 0.717) is 5.92 Å². The molecule has 4 bridgehead atoms. The summed E-state index contributed by atoms with van der Waals surface area (Å²) in [6.45, 7) is 4.80. The Balaban J connectivity index is 0.995. The molecule has 0 spiro atoms. The van der Waals surface area contributed by atoms with Gasteiger partial charge in [-0.15, -0.1) is 0 Å². The van der Waals surface area contributed by atoms with Crippen molar-refractivity contribution < 1.29 is 0 Å². The molecule has 2 nitrogen and oxygen atoms in total. The summed E-state index contributed by atoms with van der Waals surface area (Å²) in [5, 5.41) is 2.49. The molecule has 6 aliphatic carbocycles. The van der Waals surface area contributed by atoms with Gasteiger partial charge in [0.15, 0.2) is 0 Å². The van der Waals surface area contributed by atoms with Crippen LogP contribution in [0.3, 0.4) is 0 Å². The Labute approximate surface area is 397 Å². The fourth-order valence-corrected chi connectivity index (χ4v) is 11.8. The molecule has 1 saturated carbocycles. The van der Waals surface area contributed by atoms with Gasteiger partial charge in [0, 0.05) is 39.4 Å². The lowest BCUT2D eigenvalue weighted by molar-refractivity contribution is 0.443. The zero-order valence-electron chi connectivity index (χ0n) is 38.9. The second kappa shape index (κ2) is 17.2. The molecule has 0 aromatic heterocycles. The highest BCUT2D eigenvalue weighted by molar-refractivity contribution is 5.97. The molecule has 6 aliphatic rings. The topological polar surface area (TPSA) is 6.48 Å². The van der Waals surface area contributed by atoms with Crippen LogP contribution in [0, 0.1) is 0 Å². The third kappa shape index (κ3) is 7.63. The molecule has 67 heavy (non-hydrogen) atoms. The lowest BCUT2D eigenvalue weighted by Gasteiger charge is -2.33. The number of hydrogen-bond acceptors (Lipinski definition) is 2. The molecule has 0 saturated heterocycles. The van der Waals surface area contributed by atoms with Gasteiger partial charge in [0.05, 0.1) is 5.69 Å². The first-order chi connectivity index (χ1) is 33.0. The highest BCUT2D eigenvalue weighted by Crippen LogP contribution is 2.54. The summed E-state index contributed by atoms with van der Waals surface area (Å²) in [6.07, 6.45) is 10.4. The molecule has 0 atom stereocenters. The van der Waals surface area contributed by atoms with Crippen LogP contribution in [0.2, 0.25) is 0 Å². The minimum atomic E-state index is -0.152. The molecule has 0 aliphatic heterocycles. The second-order valence-electron chi connectivity index (χ2n) is 19.8. The first-order valence-electron chi connectivity index (χ1n) is 24.8. The lowest BCUT2D eigenvalue weighted by atomic mass is 9.81. The molecule has 1 fully saturated rings. The van der Waals surface area contributed by atoms with Crippen molar-refractivity contribution in [3.63, 3.8) is 0 Å². The van der Waals surface area contributed by atoms with Gasteiger partial charge >= 0.3 is 0 Å². The molecule has 15 rings (SSSR count). The SMILES string of the molecule is CC1(C)c2ccccc2-c2cc(-c3ccccc3)c(N(c3ccc4ccccc4c3)c3cc4ccc3CCc3ccc(c(N(c5ccccc5)c5ccc(C6CCCCC6)cc5)c3)CC4)cc21. The van der Waals surface area contributed by atoms with Crippen molar-refractivity contribution in [3.05, 3.63) is 239 Å². The molecule has 9 aromatic carbocycles. The number of hydrogen-bond donors (Lipinski definition) is 0. The smallest absolute Gasteiger partial charge is 0.0543 e. The molecule has 328 valence electrons. The quantitative estimate of drug-likeness (QED) is 0.150. The Morgan fingerprint density at radius 3 is 1.70 bits per heavy atom. The van der Waals surface area contributed by atoms with Crippen molar-refractivity contribution in [3.8, 4) is 22.3 Å². The molecule has 0 heterocycles. The van der Waals surface area contributed by atoms with Crippen LogP contribution in [0.15, 0.2) is 200 Å². The fourth-order valence-electron chi connectivity index (χ4n) is 11.8. The number of fused-ring (bicyclic) bond motifs is 4. The third-order valence-corrected chi connectivity index (χ3v) is 15.4. The van der Waals surface area contributed by atoms with Gasteiger partial charge in [0.2, 0.25) is 0 Å². The van der Waals surface area contributed by atoms with Crippen molar-refractivity contribution in [2.45, 2.75) is 83.0 Å². The molecular weight excluding hydrogens is 809 g/mol.